The van der Waals surface area contributed by atoms with Crippen LogP contribution >= 0.6 is 0 Å². The number of rotatable bonds is 2. The van der Waals surface area contributed by atoms with Crippen LogP contribution in [0.1, 0.15) is 31.2 Å². The molecule has 1 amide bonds. The quantitative estimate of drug-likeness (QED) is 0.779. The van der Waals surface area contributed by atoms with Crippen molar-refractivity contribution in [3.8, 4) is 0 Å². The first-order chi connectivity index (χ1) is 8.84. The van der Waals surface area contributed by atoms with Crippen molar-refractivity contribution in [2.24, 2.45) is 5.92 Å². The monoisotopic (exact) mass is 241 g/mol. The topological polar surface area (TPSA) is 20.3 Å². The van der Waals surface area contributed by atoms with E-state index in [1.54, 1.807) is 0 Å². The van der Waals surface area contributed by atoms with Gasteiger partial charge in [0.1, 0.15) is 0 Å². The van der Waals surface area contributed by atoms with Crippen LogP contribution in [0, 0.1) is 5.92 Å². The number of amides is 1. The van der Waals surface area contributed by atoms with Crippen LogP contribution in [0.4, 0.5) is 0 Å². The van der Waals surface area contributed by atoms with Crippen LogP contribution in [0.5, 0.6) is 0 Å². The zero-order valence-electron chi connectivity index (χ0n) is 10.6. The second-order valence-electron chi connectivity index (χ2n) is 5.27. The van der Waals surface area contributed by atoms with Gasteiger partial charge in [0, 0.05) is 19.0 Å². The number of nitrogens with zero attached hydrogens (tertiary/aromatic N) is 1. The summed E-state index contributed by atoms with van der Waals surface area (Å²) in [5.41, 5.74) is 1.25. The van der Waals surface area contributed by atoms with E-state index in [0.29, 0.717) is 17.9 Å². The zero-order valence-corrected chi connectivity index (χ0v) is 10.6. The van der Waals surface area contributed by atoms with Crippen molar-refractivity contribution in [3.63, 3.8) is 0 Å². The molecule has 0 aliphatic carbocycles. The Morgan fingerprint density at radius 1 is 1.17 bits per heavy atom. The minimum Gasteiger partial charge on any atom is -0.339 e. The Kier molecular flexibility index (Phi) is 3.18. The molecule has 2 saturated heterocycles. The SMILES string of the molecule is O=C1CC[C@@H]2[C@@H](/C=C/c3ccccc3)CCCN12. The number of carbonyl (C=O) groups excluding carboxylic acids is 1. The standard InChI is InChI=1S/C16H19NO/c18-16-11-10-15-14(7-4-12-17(15)16)9-8-13-5-2-1-3-6-13/h1-3,5-6,8-9,14-15H,4,7,10-12H2/b9-8+/t14-,15-/m1/s1. The van der Waals surface area contributed by atoms with Gasteiger partial charge in [0.05, 0.1) is 0 Å². The molecule has 1 aromatic carbocycles. The van der Waals surface area contributed by atoms with Crippen molar-refractivity contribution >= 4 is 12.0 Å². The minimum atomic E-state index is 0.359. The summed E-state index contributed by atoms with van der Waals surface area (Å²) in [6.07, 6.45) is 8.68. The highest BCUT2D eigenvalue weighted by atomic mass is 16.2. The van der Waals surface area contributed by atoms with E-state index >= 15 is 0 Å². The fourth-order valence-electron chi connectivity index (χ4n) is 3.20. The van der Waals surface area contributed by atoms with Gasteiger partial charge < -0.3 is 4.90 Å². The minimum absolute atomic E-state index is 0.359. The lowest BCUT2D eigenvalue weighted by Gasteiger charge is -2.35. The second kappa shape index (κ2) is 4.97. The first-order valence-electron chi connectivity index (χ1n) is 6.87. The number of hydrogen-bond donors (Lipinski definition) is 0. The lowest BCUT2D eigenvalue weighted by Crippen LogP contribution is -2.42. The molecule has 2 fully saturated rings. The van der Waals surface area contributed by atoms with E-state index in [1.165, 1.54) is 12.0 Å². The third-order valence-electron chi connectivity index (χ3n) is 4.14. The van der Waals surface area contributed by atoms with Gasteiger partial charge in [-0.25, -0.2) is 0 Å². The van der Waals surface area contributed by atoms with Crippen molar-refractivity contribution in [1.82, 2.24) is 4.90 Å². The highest BCUT2D eigenvalue weighted by Gasteiger charge is 2.37. The van der Waals surface area contributed by atoms with Crippen molar-refractivity contribution < 1.29 is 4.79 Å². The van der Waals surface area contributed by atoms with Crippen LogP contribution in [0.3, 0.4) is 0 Å². The molecular weight excluding hydrogens is 222 g/mol. The van der Waals surface area contributed by atoms with E-state index in [2.05, 4.69) is 41.3 Å². The fraction of sp³-hybridized carbons (Fsp3) is 0.438. The van der Waals surface area contributed by atoms with Crippen molar-refractivity contribution in [2.75, 3.05) is 6.54 Å². The van der Waals surface area contributed by atoms with Gasteiger partial charge in [-0.15, -0.1) is 0 Å². The molecule has 0 aromatic heterocycles. The molecule has 2 heteroatoms. The van der Waals surface area contributed by atoms with Gasteiger partial charge in [0.15, 0.2) is 0 Å². The molecule has 0 bridgehead atoms. The van der Waals surface area contributed by atoms with E-state index in [9.17, 15) is 4.79 Å². The predicted molar refractivity (Wildman–Crippen MR) is 72.9 cm³/mol. The van der Waals surface area contributed by atoms with Crippen molar-refractivity contribution in [2.45, 2.75) is 31.7 Å². The van der Waals surface area contributed by atoms with Crippen molar-refractivity contribution in [1.29, 1.82) is 0 Å². The summed E-state index contributed by atoms with van der Waals surface area (Å²) in [5.74, 6) is 0.906. The van der Waals surface area contributed by atoms with Gasteiger partial charge in [-0.05, 0) is 30.7 Å². The molecule has 2 atom stereocenters. The third kappa shape index (κ3) is 2.20. The maximum absolute atomic E-state index is 11.7. The van der Waals surface area contributed by atoms with Gasteiger partial charge >= 0.3 is 0 Å². The number of piperidine rings is 1. The predicted octanol–water partition coefficient (Wildman–Crippen LogP) is 3.10. The molecule has 0 unspecified atom stereocenters. The fourth-order valence-corrected chi connectivity index (χ4v) is 3.20. The maximum atomic E-state index is 11.7. The highest BCUT2D eigenvalue weighted by Crippen LogP contribution is 2.33. The summed E-state index contributed by atoms with van der Waals surface area (Å²) < 4.78 is 0. The molecule has 18 heavy (non-hydrogen) atoms. The van der Waals surface area contributed by atoms with E-state index in [-0.39, 0.29) is 0 Å². The molecule has 3 rings (SSSR count). The third-order valence-corrected chi connectivity index (χ3v) is 4.14. The molecule has 0 radical (unpaired) electrons. The van der Waals surface area contributed by atoms with Gasteiger partial charge in [0.2, 0.25) is 5.91 Å². The van der Waals surface area contributed by atoms with Gasteiger partial charge in [-0.1, -0.05) is 42.5 Å². The lowest BCUT2D eigenvalue weighted by atomic mass is 9.88. The van der Waals surface area contributed by atoms with Crippen LogP contribution in [0.2, 0.25) is 0 Å². The number of benzene rings is 1. The Bertz CT molecular complexity index is 451. The average Bonchev–Trinajstić information content (AvgIpc) is 2.80. The van der Waals surface area contributed by atoms with Gasteiger partial charge in [-0.3, -0.25) is 4.79 Å². The summed E-state index contributed by atoms with van der Waals surface area (Å²) in [6.45, 7) is 0.971. The number of hydrogen-bond acceptors (Lipinski definition) is 1. The lowest BCUT2D eigenvalue weighted by molar-refractivity contribution is -0.130. The average molecular weight is 241 g/mol. The molecule has 2 heterocycles. The first-order valence-corrected chi connectivity index (χ1v) is 6.87. The van der Waals surface area contributed by atoms with Crippen LogP contribution in [-0.4, -0.2) is 23.4 Å². The largest absolute Gasteiger partial charge is 0.339 e. The van der Waals surface area contributed by atoms with E-state index in [0.717, 1.165) is 25.8 Å². The summed E-state index contributed by atoms with van der Waals surface area (Å²) in [5, 5.41) is 0. The summed E-state index contributed by atoms with van der Waals surface area (Å²) in [4.78, 5) is 13.8. The first kappa shape index (κ1) is 11.5. The molecule has 2 nitrogen and oxygen atoms in total. The van der Waals surface area contributed by atoms with Gasteiger partial charge in [0.25, 0.3) is 0 Å². The van der Waals surface area contributed by atoms with E-state index in [1.807, 2.05) is 6.07 Å². The molecule has 0 spiro atoms. The van der Waals surface area contributed by atoms with E-state index < -0.39 is 0 Å². The summed E-state index contributed by atoms with van der Waals surface area (Å²) >= 11 is 0. The van der Waals surface area contributed by atoms with Crippen LogP contribution in [-0.2, 0) is 4.79 Å². The van der Waals surface area contributed by atoms with Crippen LogP contribution in [0.15, 0.2) is 36.4 Å². The van der Waals surface area contributed by atoms with Gasteiger partial charge in [-0.2, -0.15) is 0 Å². The maximum Gasteiger partial charge on any atom is 0.222 e. The molecule has 2 aliphatic rings. The van der Waals surface area contributed by atoms with Crippen LogP contribution < -0.4 is 0 Å². The highest BCUT2D eigenvalue weighted by molar-refractivity contribution is 5.79. The van der Waals surface area contributed by atoms with Crippen LogP contribution in [0.25, 0.3) is 6.08 Å². The Morgan fingerprint density at radius 3 is 2.83 bits per heavy atom. The Labute approximate surface area is 108 Å². The zero-order chi connectivity index (χ0) is 12.4. The van der Waals surface area contributed by atoms with E-state index in [4.69, 9.17) is 0 Å². The molecule has 2 aliphatic heterocycles. The summed E-state index contributed by atoms with van der Waals surface area (Å²) in [7, 11) is 0. The molecule has 1 aromatic rings. The Hall–Kier alpha value is -1.57. The smallest absolute Gasteiger partial charge is 0.222 e. The molecule has 0 saturated carbocycles. The Morgan fingerprint density at radius 2 is 2.00 bits per heavy atom. The second-order valence-corrected chi connectivity index (χ2v) is 5.27. The molecular formula is C16H19NO. The van der Waals surface area contributed by atoms with Crippen molar-refractivity contribution in [3.05, 3.63) is 42.0 Å². The summed E-state index contributed by atoms with van der Waals surface area (Å²) in [6, 6.07) is 10.9. The number of carbonyl (C=O) groups is 1. The normalized spacial score (nSPS) is 27.8. The molecule has 94 valence electrons. The molecule has 0 N–H and O–H groups in total. The Balaban J connectivity index is 1.73. The number of fused-ring (bicyclic) bond motifs is 1.